The molecule has 2 fully saturated rings. The van der Waals surface area contributed by atoms with Crippen LogP contribution in [0.25, 0.3) is 0 Å². The Labute approximate surface area is 158 Å². The number of hydrogen-bond donors (Lipinski definition) is 0. The van der Waals surface area contributed by atoms with Crippen LogP contribution in [-0.2, 0) is 16.1 Å². The Morgan fingerprint density at radius 2 is 1.96 bits per heavy atom. The molecule has 6 heteroatoms. The van der Waals surface area contributed by atoms with Gasteiger partial charge in [-0.15, -0.1) is 0 Å². The molecule has 4 rings (SSSR count). The quantitative estimate of drug-likeness (QED) is 0.831. The number of carbonyl (C=O) groups excluding carboxylic acids is 1. The molecule has 2 atom stereocenters. The highest BCUT2D eigenvalue weighted by Crippen LogP contribution is 2.30. The highest BCUT2D eigenvalue weighted by Gasteiger charge is 2.39. The van der Waals surface area contributed by atoms with E-state index in [9.17, 15) is 4.79 Å². The molecule has 2 aromatic rings. The van der Waals surface area contributed by atoms with Gasteiger partial charge in [0.05, 0.1) is 17.2 Å². The fourth-order valence-electron chi connectivity index (χ4n) is 3.89. The summed E-state index contributed by atoms with van der Waals surface area (Å²) < 4.78 is 5.89. The van der Waals surface area contributed by atoms with Gasteiger partial charge in [0, 0.05) is 37.7 Å². The van der Waals surface area contributed by atoms with Gasteiger partial charge >= 0.3 is 0 Å². The predicted molar refractivity (Wildman–Crippen MR) is 101 cm³/mol. The maximum atomic E-state index is 12.5. The summed E-state index contributed by atoms with van der Waals surface area (Å²) >= 11 is 6.26. The molecule has 1 amide bonds. The van der Waals surface area contributed by atoms with E-state index in [2.05, 4.69) is 9.88 Å². The van der Waals surface area contributed by atoms with Crippen molar-refractivity contribution in [1.82, 2.24) is 9.88 Å². The van der Waals surface area contributed by atoms with Crippen LogP contribution in [-0.4, -0.2) is 47.6 Å². The number of rotatable bonds is 3. The van der Waals surface area contributed by atoms with Gasteiger partial charge in [0.1, 0.15) is 6.61 Å². The molecule has 0 bridgehead atoms. The standard InChI is InChI=1S/C20H22ClN3O2/c21-17-12-22-9-6-15(17)13-23-10-7-18-19(8-11-23)26-14-20(25)24(18)16-4-2-1-3-5-16/h1-6,9,12,18-19H,7-8,10-11,13-14H2/t18-,19-/m0/s1. The molecule has 0 spiro atoms. The van der Waals surface area contributed by atoms with Crippen LogP contribution in [0.1, 0.15) is 18.4 Å². The molecule has 0 aliphatic carbocycles. The summed E-state index contributed by atoms with van der Waals surface area (Å²) in [4.78, 5) is 20.9. The van der Waals surface area contributed by atoms with Crippen molar-refractivity contribution in [3.05, 3.63) is 59.4 Å². The number of morpholine rings is 1. The molecular weight excluding hydrogens is 350 g/mol. The molecule has 2 aliphatic rings. The average molecular weight is 372 g/mol. The van der Waals surface area contributed by atoms with Crippen molar-refractivity contribution in [2.75, 3.05) is 24.6 Å². The number of amides is 1. The monoisotopic (exact) mass is 371 g/mol. The summed E-state index contributed by atoms with van der Waals surface area (Å²) in [6.45, 7) is 2.78. The Bertz CT molecular complexity index is 771. The fraction of sp³-hybridized carbons (Fsp3) is 0.400. The maximum Gasteiger partial charge on any atom is 0.253 e. The van der Waals surface area contributed by atoms with Gasteiger partial charge in [-0.2, -0.15) is 0 Å². The van der Waals surface area contributed by atoms with E-state index in [0.29, 0.717) is 5.02 Å². The van der Waals surface area contributed by atoms with Gasteiger partial charge in [0.2, 0.25) is 0 Å². The number of aromatic nitrogens is 1. The molecule has 0 saturated carbocycles. The van der Waals surface area contributed by atoms with E-state index < -0.39 is 0 Å². The molecule has 3 heterocycles. The zero-order valence-corrected chi connectivity index (χ0v) is 15.3. The van der Waals surface area contributed by atoms with Crippen molar-refractivity contribution in [3.8, 4) is 0 Å². The highest BCUT2D eigenvalue weighted by molar-refractivity contribution is 6.31. The van der Waals surface area contributed by atoms with Crippen molar-refractivity contribution in [2.45, 2.75) is 31.5 Å². The number of benzene rings is 1. The van der Waals surface area contributed by atoms with Crippen molar-refractivity contribution < 1.29 is 9.53 Å². The first kappa shape index (κ1) is 17.5. The van der Waals surface area contributed by atoms with Crippen LogP contribution < -0.4 is 4.90 Å². The zero-order valence-electron chi connectivity index (χ0n) is 14.6. The topological polar surface area (TPSA) is 45.7 Å². The summed E-state index contributed by atoms with van der Waals surface area (Å²) in [6.07, 6.45) is 5.33. The number of likely N-dealkylation sites (tertiary alicyclic amines) is 1. The molecule has 2 aliphatic heterocycles. The third kappa shape index (κ3) is 3.61. The van der Waals surface area contributed by atoms with Gasteiger partial charge in [0.25, 0.3) is 5.91 Å². The lowest BCUT2D eigenvalue weighted by atomic mass is 10.0. The Morgan fingerprint density at radius 1 is 1.15 bits per heavy atom. The average Bonchev–Trinajstić information content (AvgIpc) is 2.87. The van der Waals surface area contributed by atoms with Gasteiger partial charge in [-0.3, -0.25) is 14.7 Å². The van der Waals surface area contributed by atoms with Gasteiger partial charge in [0.15, 0.2) is 0 Å². The Morgan fingerprint density at radius 3 is 2.77 bits per heavy atom. The largest absolute Gasteiger partial charge is 0.366 e. The van der Waals surface area contributed by atoms with Gasteiger partial charge < -0.3 is 9.64 Å². The number of anilines is 1. The molecule has 26 heavy (non-hydrogen) atoms. The second-order valence-electron chi connectivity index (χ2n) is 6.84. The van der Waals surface area contributed by atoms with Crippen LogP contribution in [0.3, 0.4) is 0 Å². The van der Waals surface area contributed by atoms with E-state index in [4.69, 9.17) is 16.3 Å². The van der Waals surface area contributed by atoms with Crippen LogP contribution in [0.15, 0.2) is 48.8 Å². The SMILES string of the molecule is O=C1CO[C@H]2CCN(Cc3ccncc3Cl)CC[C@@H]2N1c1ccccc1. The normalized spacial score (nSPS) is 24.2. The van der Waals surface area contributed by atoms with Gasteiger partial charge in [-0.25, -0.2) is 0 Å². The van der Waals surface area contributed by atoms with Gasteiger partial charge in [-0.05, 0) is 36.6 Å². The van der Waals surface area contributed by atoms with E-state index in [1.807, 2.05) is 41.3 Å². The minimum absolute atomic E-state index is 0.0445. The lowest BCUT2D eigenvalue weighted by molar-refractivity contribution is -0.132. The molecule has 1 aromatic heterocycles. The van der Waals surface area contributed by atoms with E-state index in [-0.39, 0.29) is 24.7 Å². The minimum atomic E-state index is 0.0445. The van der Waals surface area contributed by atoms with E-state index in [1.165, 1.54) is 0 Å². The van der Waals surface area contributed by atoms with Crippen molar-refractivity contribution >= 4 is 23.2 Å². The van der Waals surface area contributed by atoms with E-state index in [1.54, 1.807) is 12.4 Å². The molecule has 0 radical (unpaired) electrons. The number of fused-ring (bicyclic) bond motifs is 1. The summed E-state index contributed by atoms with van der Waals surface area (Å²) in [5, 5.41) is 0.700. The number of nitrogens with zero attached hydrogens (tertiary/aromatic N) is 3. The highest BCUT2D eigenvalue weighted by atomic mass is 35.5. The molecule has 5 nitrogen and oxygen atoms in total. The smallest absolute Gasteiger partial charge is 0.253 e. The molecule has 136 valence electrons. The third-order valence-electron chi connectivity index (χ3n) is 5.21. The van der Waals surface area contributed by atoms with Crippen LogP contribution in [0.4, 0.5) is 5.69 Å². The number of pyridine rings is 1. The number of carbonyl (C=O) groups is 1. The fourth-order valence-corrected chi connectivity index (χ4v) is 4.07. The van der Waals surface area contributed by atoms with Crippen LogP contribution in [0, 0.1) is 0 Å². The Kier molecular flexibility index (Phi) is 5.20. The number of halogens is 1. The first-order valence-electron chi connectivity index (χ1n) is 9.02. The van der Waals surface area contributed by atoms with Crippen molar-refractivity contribution in [3.63, 3.8) is 0 Å². The van der Waals surface area contributed by atoms with Crippen LogP contribution >= 0.6 is 11.6 Å². The summed E-state index contributed by atoms with van der Waals surface area (Å²) in [5.74, 6) is 0.0445. The second kappa shape index (κ2) is 7.74. The van der Waals surface area contributed by atoms with E-state index in [0.717, 1.165) is 43.7 Å². The van der Waals surface area contributed by atoms with Crippen molar-refractivity contribution in [2.24, 2.45) is 0 Å². The number of ether oxygens (including phenoxy) is 1. The molecule has 0 N–H and O–H groups in total. The van der Waals surface area contributed by atoms with Crippen LogP contribution in [0.5, 0.6) is 0 Å². The second-order valence-corrected chi connectivity index (χ2v) is 7.24. The molecular formula is C20H22ClN3O2. The lowest BCUT2D eigenvalue weighted by Crippen LogP contribution is -2.54. The summed E-state index contributed by atoms with van der Waals surface area (Å²) in [6, 6.07) is 12.0. The minimum Gasteiger partial charge on any atom is -0.366 e. The molecule has 2 saturated heterocycles. The first-order valence-corrected chi connectivity index (χ1v) is 9.39. The predicted octanol–water partition coefficient (Wildman–Crippen LogP) is 3.13. The number of hydrogen-bond acceptors (Lipinski definition) is 4. The van der Waals surface area contributed by atoms with E-state index >= 15 is 0 Å². The van der Waals surface area contributed by atoms with Crippen LogP contribution in [0.2, 0.25) is 5.02 Å². The number of para-hydroxylation sites is 1. The third-order valence-corrected chi connectivity index (χ3v) is 5.55. The molecule has 1 aromatic carbocycles. The lowest BCUT2D eigenvalue weighted by Gasteiger charge is -2.40. The maximum absolute atomic E-state index is 12.5. The zero-order chi connectivity index (χ0) is 17.9. The molecule has 0 unspecified atom stereocenters. The van der Waals surface area contributed by atoms with Crippen molar-refractivity contribution in [1.29, 1.82) is 0 Å². The Hall–Kier alpha value is -1.95. The summed E-state index contributed by atoms with van der Waals surface area (Å²) in [7, 11) is 0. The summed E-state index contributed by atoms with van der Waals surface area (Å²) in [5.41, 5.74) is 2.05. The van der Waals surface area contributed by atoms with Gasteiger partial charge in [-0.1, -0.05) is 29.8 Å². The Balaban J connectivity index is 1.51. The first-order chi connectivity index (χ1) is 12.7.